The first-order chi connectivity index (χ1) is 21.0. The molecule has 0 unspecified atom stereocenters. The number of H-pyrrole nitrogens is 1. The molecule has 3 aromatic heterocycles. The number of hydrogen-bond donors (Lipinski definition) is 2. The monoisotopic (exact) mass is 661 g/mol. The number of piperidine rings is 1. The van der Waals surface area contributed by atoms with Gasteiger partial charge in [-0.15, -0.1) is 0 Å². The van der Waals surface area contributed by atoms with Gasteiger partial charge in [0.15, 0.2) is 8.32 Å². The summed E-state index contributed by atoms with van der Waals surface area (Å²) in [6.07, 6.45) is 1.39. The minimum atomic E-state index is -3.27. The Hall–Kier alpha value is -3.27. The van der Waals surface area contributed by atoms with E-state index in [2.05, 4.69) is 59.1 Å². The van der Waals surface area contributed by atoms with Crippen molar-refractivity contribution < 1.29 is 21.6 Å². The molecule has 0 radical (unpaired) electrons. The Morgan fingerprint density at radius 3 is 2.51 bits per heavy atom. The van der Waals surface area contributed by atoms with Gasteiger partial charge in [0.05, 0.1) is 29.4 Å². The highest BCUT2D eigenvalue weighted by atomic mass is 32.2. The van der Waals surface area contributed by atoms with E-state index in [1.807, 2.05) is 18.2 Å². The summed E-state index contributed by atoms with van der Waals surface area (Å²) in [4.78, 5) is 30.2. The number of sulfonamides is 1. The summed E-state index contributed by atoms with van der Waals surface area (Å²) >= 11 is 0. The zero-order valence-electron chi connectivity index (χ0n) is 26.5. The van der Waals surface area contributed by atoms with Gasteiger partial charge >= 0.3 is 0 Å². The Morgan fingerprint density at radius 1 is 1.16 bits per heavy atom. The predicted molar refractivity (Wildman–Crippen MR) is 174 cm³/mol. The molecule has 5 rings (SSSR count). The minimum Gasteiger partial charge on any atom is -0.416 e. The van der Waals surface area contributed by atoms with Crippen LogP contribution in [0.1, 0.15) is 57.0 Å². The van der Waals surface area contributed by atoms with Crippen molar-refractivity contribution in [3.63, 3.8) is 0 Å². The Bertz CT molecular complexity index is 1860. The first-order valence-electron chi connectivity index (χ1n) is 15.0. The molecular weight excluding hydrogens is 621 g/mol. The lowest BCUT2D eigenvalue weighted by atomic mass is 10.1. The molecule has 15 heteroatoms. The van der Waals surface area contributed by atoms with Gasteiger partial charge in [-0.3, -0.25) is 9.36 Å². The molecule has 0 atom stereocenters. The summed E-state index contributed by atoms with van der Waals surface area (Å²) in [6.45, 7) is 12.3. The van der Waals surface area contributed by atoms with Gasteiger partial charge in [0.2, 0.25) is 16.0 Å². The zero-order chi connectivity index (χ0) is 32.7. The Kier molecular flexibility index (Phi) is 9.19. The van der Waals surface area contributed by atoms with E-state index in [0.29, 0.717) is 49.9 Å². The van der Waals surface area contributed by atoms with E-state index < -0.39 is 35.9 Å². The number of aromatic amines is 1. The van der Waals surface area contributed by atoms with Crippen LogP contribution in [0.4, 0.5) is 14.7 Å². The van der Waals surface area contributed by atoms with Gasteiger partial charge in [-0.05, 0) is 54.7 Å². The van der Waals surface area contributed by atoms with E-state index in [-0.39, 0.29) is 29.2 Å². The number of halogens is 2. The van der Waals surface area contributed by atoms with Crippen molar-refractivity contribution in [1.82, 2.24) is 28.8 Å². The number of hydrogen-bond acceptors (Lipinski definition) is 8. The molecular formula is C30H41F2N7O4SSi. The van der Waals surface area contributed by atoms with E-state index in [4.69, 9.17) is 4.43 Å². The summed E-state index contributed by atoms with van der Waals surface area (Å²) in [6, 6.07) is 6.59. The third-order valence-corrected chi connectivity index (χ3v) is 14.7. The fourth-order valence-electron chi connectivity index (χ4n) is 5.20. The minimum absolute atomic E-state index is 0.0118. The fourth-order valence-corrected chi connectivity index (χ4v) is 7.12. The molecule has 45 heavy (non-hydrogen) atoms. The highest BCUT2D eigenvalue weighted by molar-refractivity contribution is 7.88. The number of nitrogens with one attached hydrogen (secondary N) is 2. The van der Waals surface area contributed by atoms with Crippen LogP contribution in [-0.4, -0.2) is 77.5 Å². The largest absolute Gasteiger partial charge is 0.416 e. The molecule has 0 saturated carbocycles. The molecule has 1 fully saturated rings. The van der Waals surface area contributed by atoms with Crippen molar-refractivity contribution in [2.75, 3.05) is 31.3 Å². The van der Waals surface area contributed by atoms with Crippen LogP contribution < -0.4 is 10.9 Å². The second-order valence-electron chi connectivity index (χ2n) is 13.2. The summed E-state index contributed by atoms with van der Waals surface area (Å²) < 4.78 is 60.5. The topological polar surface area (TPSA) is 135 Å². The van der Waals surface area contributed by atoms with Gasteiger partial charge in [-0.1, -0.05) is 26.8 Å². The maximum Gasteiger partial charge on any atom is 0.269 e. The van der Waals surface area contributed by atoms with Crippen molar-refractivity contribution in [3.05, 3.63) is 57.8 Å². The molecule has 0 amide bonds. The molecule has 244 valence electrons. The Morgan fingerprint density at radius 2 is 1.87 bits per heavy atom. The lowest BCUT2D eigenvalue weighted by Crippen LogP contribution is -2.42. The van der Waals surface area contributed by atoms with Crippen LogP contribution in [0.5, 0.6) is 0 Å². The normalized spacial score (nSPS) is 15.8. The van der Waals surface area contributed by atoms with E-state index >= 15 is 0 Å². The molecule has 1 saturated heterocycles. The fraction of sp³-hybridized carbons (Fsp3) is 0.533. The van der Waals surface area contributed by atoms with Crippen LogP contribution in [0.2, 0.25) is 18.1 Å². The van der Waals surface area contributed by atoms with Gasteiger partial charge in [0, 0.05) is 43.7 Å². The van der Waals surface area contributed by atoms with Crippen LogP contribution in [0.3, 0.4) is 0 Å². The first-order valence-corrected chi connectivity index (χ1v) is 19.8. The number of pyridine rings is 1. The van der Waals surface area contributed by atoms with Gasteiger partial charge < -0.3 is 14.7 Å². The first kappa shape index (κ1) is 33.1. The summed E-state index contributed by atoms with van der Waals surface area (Å²) in [7, 11) is -5.15. The maximum absolute atomic E-state index is 13.9. The number of benzene rings is 1. The average Bonchev–Trinajstić information content (AvgIpc) is 3.35. The zero-order valence-corrected chi connectivity index (χ0v) is 28.3. The van der Waals surface area contributed by atoms with E-state index in [0.717, 1.165) is 22.9 Å². The molecule has 4 heterocycles. The van der Waals surface area contributed by atoms with Crippen molar-refractivity contribution in [2.24, 2.45) is 0 Å². The smallest absolute Gasteiger partial charge is 0.269 e. The lowest BCUT2D eigenvalue weighted by Gasteiger charge is -2.36. The number of fused-ring (bicyclic) bond motifs is 2. The highest BCUT2D eigenvalue weighted by Crippen LogP contribution is 2.36. The van der Waals surface area contributed by atoms with Gasteiger partial charge in [-0.2, -0.15) is 4.98 Å². The Balaban J connectivity index is 1.38. The highest BCUT2D eigenvalue weighted by Gasteiger charge is 2.37. The van der Waals surface area contributed by atoms with Crippen LogP contribution >= 0.6 is 0 Å². The molecule has 1 aliphatic heterocycles. The summed E-state index contributed by atoms with van der Waals surface area (Å²) in [5.41, 5.74) is 1.03. The Labute approximate surface area is 262 Å². The van der Waals surface area contributed by atoms with Crippen LogP contribution in [0, 0.1) is 0 Å². The third kappa shape index (κ3) is 7.42. The number of alkyl halides is 2. The quantitative estimate of drug-likeness (QED) is 0.226. The van der Waals surface area contributed by atoms with Crippen LogP contribution in [-0.2, 0) is 27.4 Å². The van der Waals surface area contributed by atoms with Gasteiger partial charge in [0.1, 0.15) is 11.5 Å². The van der Waals surface area contributed by atoms with Crippen LogP contribution in [0.25, 0.3) is 22.1 Å². The molecule has 0 bridgehead atoms. The van der Waals surface area contributed by atoms with Crippen molar-refractivity contribution in [2.45, 2.75) is 77.2 Å². The molecule has 0 aliphatic carbocycles. The molecule has 2 N–H and O–H groups in total. The average molecular weight is 662 g/mol. The predicted octanol–water partition coefficient (Wildman–Crippen LogP) is 5.05. The van der Waals surface area contributed by atoms with Gasteiger partial charge in [0.25, 0.3) is 12.0 Å². The SMILES string of the molecule is CC(C)(C)[Si](C)(C)OCCc1nc2ccc(Cn3c(=O)c(C(F)F)cc4cnc(NC5CCN(S(C)(=O)=O)CC5)nc43)cc2[nH]1. The number of nitrogens with zero attached hydrogens (tertiary/aromatic N) is 5. The summed E-state index contributed by atoms with van der Waals surface area (Å²) in [5, 5.41) is 3.65. The van der Waals surface area contributed by atoms with Crippen LogP contribution in [0.15, 0.2) is 35.3 Å². The van der Waals surface area contributed by atoms with Gasteiger partial charge in [-0.25, -0.2) is 31.5 Å². The van der Waals surface area contributed by atoms with Crippen molar-refractivity contribution in [1.29, 1.82) is 0 Å². The molecule has 4 aromatic rings. The number of aromatic nitrogens is 5. The van der Waals surface area contributed by atoms with E-state index in [1.54, 1.807) is 0 Å². The van der Waals surface area contributed by atoms with E-state index in [9.17, 15) is 22.0 Å². The summed E-state index contributed by atoms with van der Waals surface area (Å²) in [5.74, 6) is 1.03. The molecule has 0 spiro atoms. The molecule has 11 nitrogen and oxygen atoms in total. The second-order valence-corrected chi connectivity index (χ2v) is 20.0. The maximum atomic E-state index is 13.9. The standard InChI is InChI=1S/C30H41F2N7O4SSi/c1-30(2,3)45(5,6)43-14-11-25-35-23-8-7-19(15-24(23)36-25)18-39-27-20(16-22(26(31)32)28(39)40)17-33-29(37-27)34-21-9-12-38(13-10-21)44(4,41)42/h7-8,15-17,21,26H,9-14,18H2,1-6H3,(H,35,36)(H,33,34,37). The molecule has 1 aliphatic rings. The number of anilines is 1. The molecule has 1 aromatic carbocycles. The van der Waals surface area contributed by atoms with Crippen molar-refractivity contribution in [3.8, 4) is 0 Å². The third-order valence-electron chi connectivity index (χ3n) is 8.89. The number of imidazole rings is 1. The second kappa shape index (κ2) is 12.5. The van der Waals surface area contributed by atoms with E-state index in [1.165, 1.54) is 21.3 Å². The lowest BCUT2D eigenvalue weighted by molar-refractivity contribution is 0.149. The van der Waals surface area contributed by atoms with Crippen molar-refractivity contribution >= 4 is 46.4 Å². The number of rotatable bonds is 10.